The second-order valence-corrected chi connectivity index (χ2v) is 7.76. The molecule has 0 unspecified atom stereocenters. The van der Waals surface area contributed by atoms with E-state index < -0.39 is 6.29 Å². The number of nitrogens with zero attached hydrogens (tertiary/aromatic N) is 2. The molecule has 4 rings (SSSR count). The van der Waals surface area contributed by atoms with Gasteiger partial charge >= 0.3 is 6.03 Å². The quantitative estimate of drug-likeness (QED) is 0.294. The Morgan fingerprint density at radius 3 is 2.03 bits per heavy atom. The van der Waals surface area contributed by atoms with E-state index >= 15 is 0 Å². The van der Waals surface area contributed by atoms with Crippen molar-refractivity contribution >= 4 is 17.6 Å². The SMILES string of the molecule is CCOC(OCC)c1ccc(CN2CC(=O)N(c3ccc(Oc4ccccc4)cc3)C2=O)cc1. The maximum Gasteiger partial charge on any atom is 0.332 e. The monoisotopic (exact) mass is 460 g/mol. The van der Waals surface area contributed by atoms with Crippen LogP contribution in [0.3, 0.4) is 0 Å². The van der Waals surface area contributed by atoms with Crippen molar-refractivity contribution in [1.82, 2.24) is 4.90 Å². The number of rotatable bonds is 10. The average Bonchev–Trinajstić information content (AvgIpc) is 3.13. The Labute approximate surface area is 199 Å². The van der Waals surface area contributed by atoms with Gasteiger partial charge in [0.2, 0.25) is 0 Å². The molecule has 0 atom stereocenters. The fourth-order valence-corrected chi connectivity index (χ4v) is 3.76. The molecule has 3 aromatic rings. The zero-order chi connectivity index (χ0) is 23.9. The van der Waals surface area contributed by atoms with Gasteiger partial charge in [-0.05, 0) is 55.8 Å². The van der Waals surface area contributed by atoms with Crippen LogP contribution in [0.1, 0.15) is 31.3 Å². The van der Waals surface area contributed by atoms with E-state index in [9.17, 15) is 9.59 Å². The zero-order valence-corrected chi connectivity index (χ0v) is 19.3. The summed E-state index contributed by atoms with van der Waals surface area (Å²) in [7, 11) is 0. The molecule has 0 radical (unpaired) electrons. The molecule has 3 aromatic carbocycles. The van der Waals surface area contributed by atoms with Crippen LogP contribution in [-0.2, 0) is 20.8 Å². The highest BCUT2D eigenvalue weighted by molar-refractivity contribution is 6.19. The standard InChI is InChI=1S/C27H28N2O5/c1-3-32-26(33-4-2)21-12-10-20(11-13-21)18-28-19-25(30)29(27(28)31)22-14-16-24(17-15-22)34-23-8-6-5-7-9-23/h5-17,26H,3-4,18-19H2,1-2H3. The lowest BCUT2D eigenvalue weighted by Crippen LogP contribution is -2.32. The summed E-state index contributed by atoms with van der Waals surface area (Å²) in [6.45, 7) is 5.31. The molecule has 1 aliphatic heterocycles. The Morgan fingerprint density at radius 2 is 1.41 bits per heavy atom. The van der Waals surface area contributed by atoms with Crippen molar-refractivity contribution in [3.05, 3.63) is 90.0 Å². The minimum atomic E-state index is -0.414. The number of anilines is 1. The Hall–Kier alpha value is -3.68. The molecule has 3 amide bonds. The molecule has 1 saturated heterocycles. The summed E-state index contributed by atoms with van der Waals surface area (Å²) in [5, 5.41) is 0. The number of benzene rings is 3. The first-order valence-electron chi connectivity index (χ1n) is 11.4. The lowest BCUT2D eigenvalue weighted by molar-refractivity contribution is -0.140. The first-order valence-corrected chi connectivity index (χ1v) is 11.4. The predicted molar refractivity (Wildman–Crippen MR) is 129 cm³/mol. The van der Waals surface area contributed by atoms with Gasteiger partial charge in [-0.1, -0.05) is 42.5 Å². The summed E-state index contributed by atoms with van der Waals surface area (Å²) in [5.74, 6) is 1.09. The van der Waals surface area contributed by atoms with E-state index in [0.29, 0.717) is 31.2 Å². The van der Waals surface area contributed by atoms with Crippen molar-refractivity contribution in [2.45, 2.75) is 26.7 Å². The van der Waals surface area contributed by atoms with E-state index in [1.807, 2.05) is 68.4 Å². The molecule has 1 heterocycles. The van der Waals surface area contributed by atoms with Crippen LogP contribution in [0.5, 0.6) is 11.5 Å². The molecule has 7 heteroatoms. The highest BCUT2D eigenvalue weighted by Gasteiger charge is 2.37. The van der Waals surface area contributed by atoms with Crippen LogP contribution in [0.2, 0.25) is 0 Å². The topological polar surface area (TPSA) is 68.3 Å². The highest BCUT2D eigenvalue weighted by atomic mass is 16.7. The van der Waals surface area contributed by atoms with E-state index in [1.165, 1.54) is 9.80 Å². The van der Waals surface area contributed by atoms with Crippen LogP contribution in [-0.4, -0.2) is 36.6 Å². The van der Waals surface area contributed by atoms with Gasteiger partial charge in [0.15, 0.2) is 6.29 Å². The highest BCUT2D eigenvalue weighted by Crippen LogP contribution is 2.28. The molecule has 0 aliphatic carbocycles. The van der Waals surface area contributed by atoms with Crippen molar-refractivity contribution in [3.63, 3.8) is 0 Å². The molecule has 0 saturated carbocycles. The Bertz CT molecular complexity index is 1090. The molecule has 0 aromatic heterocycles. The van der Waals surface area contributed by atoms with Gasteiger partial charge in [-0.25, -0.2) is 9.69 Å². The van der Waals surface area contributed by atoms with Crippen molar-refractivity contribution in [2.75, 3.05) is 24.7 Å². The smallest absolute Gasteiger partial charge is 0.332 e. The van der Waals surface area contributed by atoms with E-state index in [-0.39, 0.29) is 18.5 Å². The van der Waals surface area contributed by atoms with Crippen molar-refractivity contribution in [1.29, 1.82) is 0 Å². The molecular formula is C27H28N2O5. The third-order valence-electron chi connectivity index (χ3n) is 5.37. The summed E-state index contributed by atoms with van der Waals surface area (Å²) in [4.78, 5) is 28.4. The maximum absolute atomic E-state index is 13.0. The molecule has 0 bridgehead atoms. The third-order valence-corrected chi connectivity index (χ3v) is 5.37. The number of hydrogen-bond donors (Lipinski definition) is 0. The van der Waals surface area contributed by atoms with Crippen molar-refractivity contribution < 1.29 is 23.8 Å². The van der Waals surface area contributed by atoms with Crippen molar-refractivity contribution in [3.8, 4) is 11.5 Å². The van der Waals surface area contributed by atoms with E-state index in [2.05, 4.69) is 0 Å². The van der Waals surface area contributed by atoms with Crippen LogP contribution >= 0.6 is 0 Å². The molecule has 0 spiro atoms. The Kier molecular flexibility index (Phi) is 7.57. The predicted octanol–water partition coefficient (Wildman–Crippen LogP) is 5.52. The van der Waals surface area contributed by atoms with E-state index in [0.717, 1.165) is 16.9 Å². The normalized spacial score (nSPS) is 13.7. The fraction of sp³-hybridized carbons (Fsp3) is 0.259. The molecule has 7 nitrogen and oxygen atoms in total. The van der Waals surface area contributed by atoms with Crippen LogP contribution < -0.4 is 9.64 Å². The maximum atomic E-state index is 13.0. The number of para-hydroxylation sites is 1. The molecule has 1 aliphatic rings. The first kappa shape index (κ1) is 23.5. The average molecular weight is 461 g/mol. The van der Waals surface area contributed by atoms with Crippen LogP contribution in [0.25, 0.3) is 0 Å². The summed E-state index contributed by atoms with van der Waals surface area (Å²) in [6.07, 6.45) is -0.414. The van der Waals surface area contributed by atoms with Crippen LogP contribution in [0.4, 0.5) is 10.5 Å². The fourth-order valence-electron chi connectivity index (χ4n) is 3.76. The minimum absolute atomic E-state index is 0.0311. The van der Waals surface area contributed by atoms with Crippen LogP contribution in [0.15, 0.2) is 78.9 Å². The van der Waals surface area contributed by atoms with Gasteiger partial charge in [0.05, 0.1) is 5.69 Å². The zero-order valence-electron chi connectivity index (χ0n) is 19.3. The Morgan fingerprint density at radius 1 is 0.794 bits per heavy atom. The second kappa shape index (κ2) is 11.0. The number of hydrogen-bond acceptors (Lipinski definition) is 5. The van der Waals surface area contributed by atoms with Gasteiger partial charge in [-0.3, -0.25) is 4.79 Å². The van der Waals surface area contributed by atoms with Gasteiger partial charge in [0.25, 0.3) is 5.91 Å². The third kappa shape index (κ3) is 5.44. The summed E-state index contributed by atoms with van der Waals surface area (Å²) in [6, 6.07) is 23.7. The van der Waals surface area contributed by atoms with Gasteiger partial charge < -0.3 is 19.1 Å². The molecule has 34 heavy (non-hydrogen) atoms. The number of ether oxygens (including phenoxy) is 3. The van der Waals surface area contributed by atoms with Gasteiger partial charge in [0, 0.05) is 25.3 Å². The first-order chi connectivity index (χ1) is 16.6. The van der Waals surface area contributed by atoms with Crippen molar-refractivity contribution in [2.24, 2.45) is 0 Å². The molecule has 0 N–H and O–H groups in total. The van der Waals surface area contributed by atoms with Gasteiger partial charge in [0.1, 0.15) is 18.0 Å². The number of urea groups is 1. The van der Waals surface area contributed by atoms with Crippen LogP contribution in [0, 0.1) is 0 Å². The molecule has 176 valence electrons. The number of amides is 3. The largest absolute Gasteiger partial charge is 0.457 e. The van der Waals surface area contributed by atoms with Gasteiger partial charge in [-0.2, -0.15) is 0 Å². The summed E-state index contributed by atoms with van der Waals surface area (Å²) < 4.78 is 17.1. The summed E-state index contributed by atoms with van der Waals surface area (Å²) in [5.41, 5.74) is 2.35. The van der Waals surface area contributed by atoms with E-state index in [4.69, 9.17) is 14.2 Å². The molecular weight excluding hydrogens is 432 g/mol. The summed E-state index contributed by atoms with van der Waals surface area (Å²) >= 11 is 0. The van der Waals surface area contributed by atoms with E-state index in [1.54, 1.807) is 24.3 Å². The minimum Gasteiger partial charge on any atom is -0.457 e. The lowest BCUT2D eigenvalue weighted by Gasteiger charge is -2.19. The number of imide groups is 1. The Balaban J connectivity index is 1.40. The second-order valence-electron chi connectivity index (χ2n) is 7.76. The molecule has 1 fully saturated rings. The van der Waals surface area contributed by atoms with Gasteiger partial charge in [-0.15, -0.1) is 0 Å². The lowest BCUT2D eigenvalue weighted by atomic mass is 10.1. The number of carbonyl (C=O) groups is 2. The number of carbonyl (C=O) groups excluding carboxylic acids is 2.